The highest BCUT2D eigenvalue weighted by Gasteiger charge is 2.14. The van der Waals surface area contributed by atoms with Crippen LogP contribution in [0.3, 0.4) is 0 Å². The van der Waals surface area contributed by atoms with Crippen LogP contribution in [0.25, 0.3) is 0 Å². The van der Waals surface area contributed by atoms with E-state index in [1.807, 2.05) is 0 Å². The molecule has 1 heterocycles. The molecule has 0 saturated carbocycles. The van der Waals surface area contributed by atoms with Gasteiger partial charge in [0.25, 0.3) is 0 Å². The number of methoxy groups -OCH3 is 1. The van der Waals surface area contributed by atoms with E-state index in [4.69, 9.17) is 9.84 Å². The molecule has 82 valence electrons. The summed E-state index contributed by atoms with van der Waals surface area (Å²) in [5.41, 5.74) is 0.0698. The summed E-state index contributed by atoms with van der Waals surface area (Å²) < 4.78 is 10.6. The van der Waals surface area contributed by atoms with E-state index in [1.165, 1.54) is 24.9 Å². The molecule has 0 atom stereocenters. The summed E-state index contributed by atoms with van der Waals surface area (Å²) in [6.07, 6.45) is 0. The van der Waals surface area contributed by atoms with Crippen molar-refractivity contribution in [3.8, 4) is 5.88 Å². The normalized spacial score (nSPS) is 9.73. The van der Waals surface area contributed by atoms with Crippen molar-refractivity contribution in [2.24, 2.45) is 7.05 Å². The van der Waals surface area contributed by atoms with Gasteiger partial charge in [-0.05, 0) is 0 Å². The van der Waals surface area contributed by atoms with Gasteiger partial charge >= 0.3 is 11.9 Å². The lowest BCUT2D eigenvalue weighted by Crippen LogP contribution is -2.11. The highest BCUT2D eigenvalue weighted by molar-refractivity contribution is 5.87. The smallest absolute Gasteiger partial charge is 0.358 e. The minimum absolute atomic E-state index is 0.0698. The Kier molecular flexibility index (Phi) is 3.27. The molecule has 1 rings (SSSR count). The molecule has 1 aromatic rings. The molecule has 0 saturated heterocycles. The zero-order chi connectivity index (χ0) is 11.4. The average molecular weight is 214 g/mol. The lowest BCUT2D eigenvalue weighted by atomic mass is 10.4. The third-order valence-corrected chi connectivity index (χ3v) is 1.57. The second-order valence-corrected chi connectivity index (χ2v) is 2.67. The van der Waals surface area contributed by atoms with Crippen LogP contribution in [0.15, 0.2) is 6.07 Å². The van der Waals surface area contributed by atoms with Crippen molar-refractivity contribution in [1.29, 1.82) is 0 Å². The van der Waals surface area contributed by atoms with Crippen molar-refractivity contribution < 1.29 is 24.2 Å². The van der Waals surface area contributed by atoms with Crippen molar-refractivity contribution in [2.45, 2.75) is 0 Å². The van der Waals surface area contributed by atoms with Gasteiger partial charge in [0.1, 0.15) is 0 Å². The van der Waals surface area contributed by atoms with E-state index in [0.29, 0.717) is 0 Å². The highest BCUT2D eigenvalue weighted by Crippen LogP contribution is 2.12. The quantitative estimate of drug-likeness (QED) is 0.690. The first-order valence-corrected chi connectivity index (χ1v) is 4.01. The van der Waals surface area contributed by atoms with Crippen LogP contribution in [0.4, 0.5) is 0 Å². The molecule has 0 amide bonds. The second kappa shape index (κ2) is 4.45. The number of hydrogen-bond acceptors (Lipinski definition) is 5. The Labute approximate surface area is 85.2 Å². The van der Waals surface area contributed by atoms with Crippen LogP contribution in [0.2, 0.25) is 0 Å². The van der Waals surface area contributed by atoms with Crippen molar-refractivity contribution in [3.05, 3.63) is 11.8 Å². The van der Waals surface area contributed by atoms with Gasteiger partial charge in [-0.2, -0.15) is 5.10 Å². The molecule has 0 aliphatic heterocycles. The molecule has 1 N–H and O–H groups in total. The van der Waals surface area contributed by atoms with Gasteiger partial charge in [0.2, 0.25) is 5.88 Å². The Balaban J connectivity index is 2.77. The van der Waals surface area contributed by atoms with Crippen molar-refractivity contribution >= 4 is 11.9 Å². The van der Waals surface area contributed by atoms with Crippen LogP contribution in [0.5, 0.6) is 5.88 Å². The Morgan fingerprint density at radius 3 is 2.80 bits per heavy atom. The van der Waals surface area contributed by atoms with E-state index in [2.05, 4.69) is 9.84 Å². The number of aliphatic carboxylic acids is 1. The maximum atomic E-state index is 11.0. The van der Waals surface area contributed by atoms with Gasteiger partial charge in [0, 0.05) is 13.1 Å². The molecule has 7 heteroatoms. The van der Waals surface area contributed by atoms with Crippen LogP contribution in [0.1, 0.15) is 10.5 Å². The molecule has 15 heavy (non-hydrogen) atoms. The third kappa shape index (κ3) is 2.70. The van der Waals surface area contributed by atoms with Crippen molar-refractivity contribution in [1.82, 2.24) is 9.78 Å². The van der Waals surface area contributed by atoms with Crippen LogP contribution in [-0.4, -0.2) is 40.5 Å². The maximum Gasteiger partial charge on any atom is 0.358 e. The van der Waals surface area contributed by atoms with E-state index in [9.17, 15) is 9.59 Å². The number of hydrogen-bond donors (Lipinski definition) is 1. The summed E-state index contributed by atoms with van der Waals surface area (Å²) in [7, 11) is 2.76. The molecular weight excluding hydrogens is 204 g/mol. The molecule has 0 unspecified atom stereocenters. The summed E-state index contributed by atoms with van der Waals surface area (Å²) in [5, 5.41) is 12.2. The standard InChI is InChI=1S/C8H10N2O5/c1-10-6(15-4-7(11)12)3-5(9-10)8(13)14-2/h3H,4H2,1-2H3,(H,11,12). The molecule has 0 aromatic carbocycles. The Morgan fingerprint density at radius 2 is 2.27 bits per heavy atom. The number of aromatic nitrogens is 2. The molecule has 0 aliphatic carbocycles. The molecule has 0 aliphatic rings. The highest BCUT2D eigenvalue weighted by atomic mass is 16.5. The number of esters is 1. The van der Waals surface area contributed by atoms with Gasteiger partial charge in [-0.1, -0.05) is 0 Å². The van der Waals surface area contributed by atoms with E-state index < -0.39 is 18.5 Å². The monoisotopic (exact) mass is 214 g/mol. The van der Waals surface area contributed by atoms with Crippen molar-refractivity contribution in [3.63, 3.8) is 0 Å². The SMILES string of the molecule is COC(=O)c1cc(OCC(=O)O)n(C)n1. The third-order valence-electron chi connectivity index (χ3n) is 1.57. The zero-order valence-electron chi connectivity index (χ0n) is 8.26. The Morgan fingerprint density at radius 1 is 1.60 bits per heavy atom. The van der Waals surface area contributed by atoms with Crippen LogP contribution >= 0.6 is 0 Å². The summed E-state index contributed by atoms with van der Waals surface area (Å²) in [5.74, 6) is -1.51. The predicted molar refractivity (Wildman–Crippen MR) is 47.7 cm³/mol. The zero-order valence-corrected chi connectivity index (χ0v) is 8.26. The van der Waals surface area contributed by atoms with Gasteiger partial charge in [0.05, 0.1) is 7.11 Å². The number of carbonyl (C=O) groups is 2. The van der Waals surface area contributed by atoms with Crippen LogP contribution in [0, 0.1) is 0 Å². The van der Waals surface area contributed by atoms with Gasteiger partial charge in [-0.3, -0.25) is 0 Å². The van der Waals surface area contributed by atoms with Gasteiger partial charge in [0.15, 0.2) is 12.3 Å². The number of aryl methyl sites for hydroxylation is 1. The fourth-order valence-electron chi connectivity index (χ4n) is 0.925. The van der Waals surface area contributed by atoms with E-state index in [0.717, 1.165) is 0 Å². The van der Waals surface area contributed by atoms with E-state index in [1.54, 1.807) is 0 Å². The maximum absolute atomic E-state index is 11.0. The molecule has 0 spiro atoms. The number of rotatable bonds is 4. The number of carboxylic acid groups (broad SMARTS) is 1. The number of carboxylic acids is 1. The van der Waals surface area contributed by atoms with Crippen molar-refractivity contribution in [2.75, 3.05) is 13.7 Å². The first-order chi connectivity index (χ1) is 7.04. The summed E-state index contributed by atoms with van der Waals surface area (Å²) in [6.45, 7) is -0.486. The fraction of sp³-hybridized carbons (Fsp3) is 0.375. The van der Waals surface area contributed by atoms with Crippen LogP contribution < -0.4 is 4.74 Å². The average Bonchev–Trinajstić information content (AvgIpc) is 2.55. The Hall–Kier alpha value is -2.05. The molecule has 0 radical (unpaired) electrons. The summed E-state index contributed by atoms with van der Waals surface area (Å²) in [6, 6.07) is 1.31. The topological polar surface area (TPSA) is 90.6 Å². The second-order valence-electron chi connectivity index (χ2n) is 2.67. The molecule has 0 bridgehead atoms. The van der Waals surface area contributed by atoms with Crippen LogP contribution in [-0.2, 0) is 16.6 Å². The number of carbonyl (C=O) groups excluding carboxylic acids is 1. The predicted octanol–water partition coefficient (Wildman–Crippen LogP) is -0.330. The Bertz CT molecular complexity index is 384. The summed E-state index contributed by atoms with van der Waals surface area (Å²) in [4.78, 5) is 21.3. The first-order valence-electron chi connectivity index (χ1n) is 4.01. The van der Waals surface area contributed by atoms with Gasteiger partial charge in [-0.15, -0.1) is 0 Å². The first kappa shape index (κ1) is 11.0. The minimum atomic E-state index is -1.10. The number of ether oxygens (including phenoxy) is 2. The molecule has 0 fully saturated rings. The lowest BCUT2D eigenvalue weighted by molar-refractivity contribution is -0.139. The van der Waals surface area contributed by atoms with E-state index >= 15 is 0 Å². The van der Waals surface area contributed by atoms with E-state index in [-0.39, 0.29) is 11.6 Å². The fourth-order valence-corrected chi connectivity index (χ4v) is 0.925. The minimum Gasteiger partial charge on any atom is -0.479 e. The number of nitrogens with zero attached hydrogens (tertiary/aromatic N) is 2. The molecule has 7 nitrogen and oxygen atoms in total. The van der Waals surface area contributed by atoms with Gasteiger partial charge in [-0.25, -0.2) is 14.3 Å². The molecular formula is C8H10N2O5. The van der Waals surface area contributed by atoms with Gasteiger partial charge < -0.3 is 14.6 Å². The summed E-state index contributed by atoms with van der Waals surface area (Å²) >= 11 is 0. The largest absolute Gasteiger partial charge is 0.479 e. The lowest BCUT2D eigenvalue weighted by Gasteiger charge is -2.00. The molecule has 1 aromatic heterocycles.